The van der Waals surface area contributed by atoms with Crippen LogP contribution in [0, 0.1) is 0 Å². The second kappa shape index (κ2) is 6.60. The molecule has 4 heteroatoms. The standard InChI is InChI=1S/C19H23NO3/c1-22-16-8-7-15(18(11-16)23-2)12-20-13-19(21)10-9-14-5-3-4-6-17(14)19/h3-8,11,20-21H,9-10,12-13H2,1-2H3. The number of benzene rings is 2. The summed E-state index contributed by atoms with van der Waals surface area (Å²) >= 11 is 0. The van der Waals surface area contributed by atoms with E-state index in [-0.39, 0.29) is 0 Å². The third-order valence-electron chi connectivity index (χ3n) is 4.55. The van der Waals surface area contributed by atoms with Crippen molar-refractivity contribution in [3.63, 3.8) is 0 Å². The first-order chi connectivity index (χ1) is 11.2. The van der Waals surface area contributed by atoms with Gasteiger partial charge in [0.25, 0.3) is 0 Å². The minimum atomic E-state index is -0.781. The summed E-state index contributed by atoms with van der Waals surface area (Å²) in [6.07, 6.45) is 1.69. The summed E-state index contributed by atoms with van der Waals surface area (Å²) in [5.74, 6) is 1.56. The van der Waals surface area contributed by atoms with E-state index in [1.807, 2.05) is 36.4 Å². The van der Waals surface area contributed by atoms with Gasteiger partial charge in [-0.3, -0.25) is 0 Å². The van der Waals surface area contributed by atoms with Crippen molar-refractivity contribution in [2.24, 2.45) is 0 Å². The molecule has 1 aliphatic carbocycles. The molecule has 2 N–H and O–H groups in total. The van der Waals surface area contributed by atoms with Gasteiger partial charge in [-0.15, -0.1) is 0 Å². The van der Waals surface area contributed by atoms with Crippen LogP contribution in [0.1, 0.15) is 23.1 Å². The van der Waals surface area contributed by atoms with Gasteiger partial charge in [0, 0.05) is 24.7 Å². The molecule has 2 aromatic carbocycles. The van der Waals surface area contributed by atoms with Crippen LogP contribution in [0.25, 0.3) is 0 Å². The summed E-state index contributed by atoms with van der Waals surface area (Å²) in [6.45, 7) is 1.16. The van der Waals surface area contributed by atoms with E-state index in [0.717, 1.165) is 35.5 Å². The molecule has 0 aliphatic heterocycles. The molecule has 0 fully saturated rings. The Kier molecular flexibility index (Phi) is 4.55. The van der Waals surface area contributed by atoms with E-state index in [1.165, 1.54) is 5.56 Å². The quantitative estimate of drug-likeness (QED) is 0.861. The number of fused-ring (bicyclic) bond motifs is 1. The SMILES string of the molecule is COc1ccc(CNCC2(O)CCc3ccccc32)c(OC)c1. The molecule has 0 saturated heterocycles. The first-order valence-electron chi connectivity index (χ1n) is 7.89. The maximum Gasteiger partial charge on any atom is 0.127 e. The molecule has 0 saturated carbocycles. The Hall–Kier alpha value is -2.04. The zero-order valence-corrected chi connectivity index (χ0v) is 13.6. The molecule has 1 atom stereocenters. The molecular weight excluding hydrogens is 290 g/mol. The highest BCUT2D eigenvalue weighted by Gasteiger charge is 2.35. The van der Waals surface area contributed by atoms with Crippen molar-refractivity contribution >= 4 is 0 Å². The summed E-state index contributed by atoms with van der Waals surface area (Å²) in [7, 11) is 3.29. The minimum Gasteiger partial charge on any atom is -0.497 e. The topological polar surface area (TPSA) is 50.7 Å². The lowest BCUT2D eigenvalue weighted by molar-refractivity contribution is 0.0384. The fourth-order valence-electron chi connectivity index (χ4n) is 3.25. The number of aryl methyl sites for hydroxylation is 1. The predicted molar refractivity (Wildman–Crippen MR) is 89.9 cm³/mol. The number of hydrogen-bond acceptors (Lipinski definition) is 4. The van der Waals surface area contributed by atoms with Crippen molar-refractivity contribution in [1.29, 1.82) is 0 Å². The molecule has 122 valence electrons. The second-order valence-electron chi connectivity index (χ2n) is 5.97. The average molecular weight is 313 g/mol. The van der Waals surface area contributed by atoms with Gasteiger partial charge in [-0.25, -0.2) is 0 Å². The van der Waals surface area contributed by atoms with Gasteiger partial charge < -0.3 is 19.9 Å². The van der Waals surface area contributed by atoms with Gasteiger partial charge in [-0.05, 0) is 30.0 Å². The molecule has 1 aliphatic rings. The number of nitrogens with one attached hydrogen (secondary N) is 1. The lowest BCUT2D eigenvalue weighted by Gasteiger charge is -2.25. The molecule has 0 bridgehead atoms. The maximum atomic E-state index is 10.9. The van der Waals surface area contributed by atoms with Gasteiger partial charge in [0.1, 0.15) is 17.1 Å². The summed E-state index contributed by atoms with van der Waals surface area (Å²) in [5, 5.41) is 14.3. The van der Waals surface area contributed by atoms with Crippen molar-refractivity contribution in [1.82, 2.24) is 5.32 Å². The number of ether oxygens (including phenoxy) is 2. The Bertz CT molecular complexity index is 686. The zero-order valence-electron chi connectivity index (χ0n) is 13.6. The van der Waals surface area contributed by atoms with Crippen LogP contribution in [-0.4, -0.2) is 25.9 Å². The minimum absolute atomic E-state index is 0.527. The fraction of sp³-hybridized carbons (Fsp3) is 0.368. The molecule has 0 radical (unpaired) electrons. The maximum absolute atomic E-state index is 10.9. The van der Waals surface area contributed by atoms with Crippen LogP contribution in [0.4, 0.5) is 0 Å². The number of methoxy groups -OCH3 is 2. The van der Waals surface area contributed by atoms with Gasteiger partial charge in [0.15, 0.2) is 0 Å². The lowest BCUT2D eigenvalue weighted by Crippen LogP contribution is -2.36. The normalized spacial score (nSPS) is 19.4. The molecule has 4 nitrogen and oxygen atoms in total. The predicted octanol–water partition coefficient (Wildman–Crippen LogP) is 2.63. The molecule has 0 heterocycles. The fourth-order valence-corrected chi connectivity index (χ4v) is 3.25. The van der Waals surface area contributed by atoms with Crippen LogP contribution in [0.5, 0.6) is 11.5 Å². The van der Waals surface area contributed by atoms with Crippen LogP contribution in [0.3, 0.4) is 0 Å². The second-order valence-corrected chi connectivity index (χ2v) is 5.97. The molecule has 3 rings (SSSR count). The van der Waals surface area contributed by atoms with Crippen molar-refractivity contribution < 1.29 is 14.6 Å². The highest BCUT2D eigenvalue weighted by molar-refractivity contribution is 5.41. The van der Waals surface area contributed by atoms with Crippen LogP contribution in [0.15, 0.2) is 42.5 Å². The van der Waals surface area contributed by atoms with Gasteiger partial charge in [-0.2, -0.15) is 0 Å². The smallest absolute Gasteiger partial charge is 0.127 e. The average Bonchev–Trinajstić information content (AvgIpc) is 2.93. The summed E-state index contributed by atoms with van der Waals surface area (Å²) in [5.41, 5.74) is 2.56. The van der Waals surface area contributed by atoms with Crippen LogP contribution in [0.2, 0.25) is 0 Å². The van der Waals surface area contributed by atoms with Crippen molar-refractivity contribution in [2.75, 3.05) is 20.8 Å². The van der Waals surface area contributed by atoms with E-state index < -0.39 is 5.60 Å². The number of aliphatic hydroxyl groups is 1. The van der Waals surface area contributed by atoms with Crippen LogP contribution >= 0.6 is 0 Å². The van der Waals surface area contributed by atoms with Gasteiger partial charge in [0.05, 0.1) is 14.2 Å². The third-order valence-corrected chi connectivity index (χ3v) is 4.55. The van der Waals surface area contributed by atoms with Gasteiger partial charge in [-0.1, -0.05) is 30.3 Å². The zero-order chi connectivity index (χ0) is 16.3. The number of rotatable bonds is 6. The van der Waals surface area contributed by atoms with Crippen molar-refractivity contribution in [3.05, 3.63) is 59.2 Å². The Morgan fingerprint density at radius 2 is 1.96 bits per heavy atom. The Balaban J connectivity index is 1.66. The number of hydrogen-bond donors (Lipinski definition) is 2. The summed E-state index contributed by atoms with van der Waals surface area (Å²) in [4.78, 5) is 0. The first kappa shape index (κ1) is 15.8. The lowest BCUT2D eigenvalue weighted by atomic mass is 9.96. The van der Waals surface area contributed by atoms with Crippen molar-refractivity contribution in [3.8, 4) is 11.5 Å². The first-order valence-corrected chi connectivity index (χ1v) is 7.89. The van der Waals surface area contributed by atoms with Crippen molar-refractivity contribution in [2.45, 2.75) is 25.0 Å². The largest absolute Gasteiger partial charge is 0.497 e. The van der Waals surface area contributed by atoms with E-state index in [2.05, 4.69) is 11.4 Å². The van der Waals surface area contributed by atoms with E-state index >= 15 is 0 Å². The summed E-state index contributed by atoms with van der Waals surface area (Å²) < 4.78 is 10.6. The van der Waals surface area contributed by atoms with Gasteiger partial charge >= 0.3 is 0 Å². The monoisotopic (exact) mass is 313 g/mol. The molecule has 1 unspecified atom stereocenters. The van der Waals surface area contributed by atoms with E-state index in [9.17, 15) is 5.11 Å². The summed E-state index contributed by atoms with van der Waals surface area (Å²) in [6, 6.07) is 13.9. The third kappa shape index (κ3) is 3.19. The highest BCUT2D eigenvalue weighted by Crippen LogP contribution is 2.36. The Labute approximate surface area is 137 Å². The van der Waals surface area contributed by atoms with E-state index in [4.69, 9.17) is 9.47 Å². The molecule has 0 aromatic heterocycles. The van der Waals surface area contributed by atoms with E-state index in [0.29, 0.717) is 13.1 Å². The molecule has 2 aromatic rings. The van der Waals surface area contributed by atoms with E-state index in [1.54, 1.807) is 14.2 Å². The van der Waals surface area contributed by atoms with Crippen LogP contribution < -0.4 is 14.8 Å². The Morgan fingerprint density at radius 3 is 2.74 bits per heavy atom. The van der Waals surface area contributed by atoms with Crippen LogP contribution in [-0.2, 0) is 18.6 Å². The van der Waals surface area contributed by atoms with Gasteiger partial charge in [0.2, 0.25) is 0 Å². The highest BCUT2D eigenvalue weighted by atomic mass is 16.5. The molecule has 23 heavy (non-hydrogen) atoms. The Morgan fingerprint density at radius 1 is 1.13 bits per heavy atom. The molecule has 0 spiro atoms. The molecular formula is C19H23NO3. The molecule has 0 amide bonds.